The quantitative estimate of drug-likeness (QED) is 0.448. The Hall–Kier alpha value is -1.06. The van der Waals surface area contributed by atoms with Crippen molar-refractivity contribution in [1.82, 2.24) is 0 Å². The molecular formula is C17H19F9S. The van der Waals surface area contributed by atoms with Crippen LogP contribution in [0.4, 0.5) is 39.5 Å². The van der Waals surface area contributed by atoms with Gasteiger partial charge in [-0.25, -0.2) is 0 Å². The predicted molar refractivity (Wildman–Crippen MR) is 86.5 cm³/mol. The second kappa shape index (κ2) is 7.40. The maximum absolute atomic E-state index is 13.5. The summed E-state index contributed by atoms with van der Waals surface area (Å²) in [6, 6.07) is 0. The first-order chi connectivity index (χ1) is 11.8. The molecule has 156 valence electrons. The Labute approximate surface area is 155 Å². The van der Waals surface area contributed by atoms with E-state index in [2.05, 4.69) is 0 Å². The van der Waals surface area contributed by atoms with Crippen LogP contribution in [0.25, 0.3) is 0 Å². The van der Waals surface area contributed by atoms with Gasteiger partial charge in [-0.2, -0.15) is 51.3 Å². The summed E-state index contributed by atoms with van der Waals surface area (Å²) in [7, 11) is 0. The first-order valence-electron chi connectivity index (χ1n) is 7.74. The lowest BCUT2D eigenvalue weighted by molar-refractivity contribution is -0.164. The van der Waals surface area contributed by atoms with Crippen LogP contribution >= 0.6 is 11.8 Å². The van der Waals surface area contributed by atoms with E-state index in [1.54, 1.807) is 20.8 Å². The van der Waals surface area contributed by atoms with E-state index in [4.69, 9.17) is 0 Å². The van der Waals surface area contributed by atoms with E-state index in [0.29, 0.717) is 19.6 Å². The van der Waals surface area contributed by atoms with Gasteiger partial charge < -0.3 is 0 Å². The van der Waals surface area contributed by atoms with Gasteiger partial charge >= 0.3 is 18.5 Å². The molecule has 0 spiro atoms. The van der Waals surface area contributed by atoms with Gasteiger partial charge in [-0.05, 0) is 41.7 Å². The van der Waals surface area contributed by atoms with Crippen LogP contribution in [0.5, 0.6) is 0 Å². The smallest absolute Gasteiger partial charge is 0.166 e. The lowest BCUT2D eigenvalue weighted by Crippen LogP contribution is -2.25. The minimum absolute atomic E-state index is 0.315. The zero-order chi connectivity index (χ0) is 21.6. The zero-order valence-electron chi connectivity index (χ0n) is 15.2. The molecule has 0 saturated carbocycles. The molecular weight excluding hydrogens is 407 g/mol. The Morgan fingerprint density at radius 2 is 1.00 bits per heavy atom. The molecule has 0 nitrogen and oxygen atoms in total. The monoisotopic (exact) mass is 426 g/mol. The summed E-state index contributed by atoms with van der Waals surface area (Å²) in [6.45, 7) is 6.47. The molecule has 0 heterocycles. The van der Waals surface area contributed by atoms with Gasteiger partial charge in [-0.15, -0.1) is 0 Å². The van der Waals surface area contributed by atoms with Crippen molar-refractivity contribution < 1.29 is 39.5 Å². The summed E-state index contributed by atoms with van der Waals surface area (Å²) in [5.41, 5.74) is -9.51. The van der Waals surface area contributed by atoms with E-state index in [0.717, 1.165) is 11.8 Å². The van der Waals surface area contributed by atoms with Gasteiger partial charge in [0.1, 0.15) is 0 Å². The molecule has 0 atom stereocenters. The molecule has 0 aliphatic carbocycles. The van der Waals surface area contributed by atoms with E-state index in [1.807, 2.05) is 0 Å². The third-order valence-electron chi connectivity index (χ3n) is 3.76. The number of benzene rings is 1. The fourth-order valence-electron chi connectivity index (χ4n) is 2.80. The van der Waals surface area contributed by atoms with Crippen molar-refractivity contribution in [1.29, 1.82) is 0 Å². The van der Waals surface area contributed by atoms with Gasteiger partial charge in [0, 0.05) is 5.75 Å². The first-order valence-corrected chi connectivity index (χ1v) is 8.89. The molecule has 27 heavy (non-hydrogen) atoms. The lowest BCUT2D eigenvalue weighted by atomic mass is 9.87. The summed E-state index contributed by atoms with van der Waals surface area (Å²) in [6.07, 6.45) is -16.2. The van der Waals surface area contributed by atoms with Gasteiger partial charge in [0.05, 0.1) is 16.7 Å². The maximum atomic E-state index is 13.5. The molecule has 0 unspecified atom stereocenters. The maximum Gasteiger partial charge on any atom is 0.417 e. The highest BCUT2D eigenvalue weighted by molar-refractivity contribution is 7.98. The minimum Gasteiger partial charge on any atom is -0.166 e. The average molecular weight is 426 g/mol. The molecule has 1 aromatic carbocycles. The highest BCUT2D eigenvalue weighted by Crippen LogP contribution is 2.49. The Bertz CT molecular complexity index is 689. The average Bonchev–Trinajstić information content (AvgIpc) is 2.35. The van der Waals surface area contributed by atoms with E-state index >= 15 is 0 Å². The van der Waals surface area contributed by atoms with Crippen molar-refractivity contribution in [3.8, 4) is 0 Å². The summed E-state index contributed by atoms with van der Waals surface area (Å²) in [5, 5.41) is 0. The van der Waals surface area contributed by atoms with E-state index in [9.17, 15) is 39.5 Å². The van der Waals surface area contributed by atoms with Gasteiger partial charge in [0.15, 0.2) is 0 Å². The molecule has 0 aliphatic rings. The van der Waals surface area contributed by atoms with Gasteiger partial charge in [0.2, 0.25) is 0 Å². The molecule has 0 radical (unpaired) electrons. The van der Waals surface area contributed by atoms with Crippen LogP contribution in [-0.2, 0) is 24.3 Å². The predicted octanol–water partition coefficient (Wildman–Crippen LogP) is 7.64. The lowest BCUT2D eigenvalue weighted by Gasteiger charge is -2.27. The summed E-state index contributed by atoms with van der Waals surface area (Å²) >= 11 is 0.951. The van der Waals surface area contributed by atoms with Crippen LogP contribution < -0.4 is 0 Å². The molecule has 0 saturated heterocycles. The fourth-order valence-corrected chi connectivity index (χ4v) is 4.08. The standard InChI is InChI=1S/C17H19F9S/c1-8-10(6-27-7-14(3,4)5)11(15(18,19)20)9(2)13(17(24,25)26)12(8)16(21,22)23/h6-7H2,1-5H3. The number of rotatable bonds is 3. The summed E-state index contributed by atoms with van der Waals surface area (Å²) in [4.78, 5) is 0. The highest BCUT2D eigenvalue weighted by Gasteiger charge is 2.50. The zero-order valence-corrected chi connectivity index (χ0v) is 16.0. The second-order valence-electron chi connectivity index (χ2n) is 7.40. The van der Waals surface area contributed by atoms with Crippen molar-refractivity contribution in [3.05, 3.63) is 33.4 Å². The third kappa shape index (κ3) is 5.71. The highest BCUT2D eigenvalue weighted by atomic mass is 32.2. The van der Waals surface area contributed by atoms with E-state index < -0.39 is 57.7 Å². The van der Waals surface area contributed by atoms with Crippen LogP contribution in [0.1, 0.15) is 54.2 Å². The molecule has 0 aliphatic heterocycles. The van der Waals surface area contributed by atoms with Gasteiger partial charge in [-0.3, -0.25) is 0 Å². The van der Waals surface area contributed by atoms with Crippen molar-refractivity contribution >= 4 is 11.8 Å². The molecule has 0 bridgehead atoms. The van der Waals surface area contributed by atoms with Gasteiger partial charge in [0.25, 0.3) is 0 Å². The molecule has 0 aromatic heterocycles. The SMILES string of the molecule is Cc1c(CSCC(C)(C)C)c(C(F)(F)F)c(C)c(C(F)(F)F)c1C(F)(F)F. The number of halogens is 9. The second-order valence-corrected chi connectivity index (χ2v) is 8.39. The van der Waals surface area contributed by atoms with Crippen molar-refractivity contribution in [2.24, 2.45) is 5.41 Å². The molecule has 0 fully saturated rings. The topological polar surface area (TPSA) is 0 Å². The van der Waals surface area contributed by atoms with Crippen molar-refractivity contribution in [2.75, 3.05) is 5.75 Å². The first kappa shape index (κ1) is 24.0. The van der Waals surface area contributed by atoms with Crippen LogP contribution in [0.3, 0.4) is 0 Å². The minimum atomic E-state index is -5.57. The van der Waals surface area contributed by atoms with E-state index in [-0.39, 0.29) is 5.41 Å². The number of hydrogen-bond donors (Lipinski definition) is 0. The molecule has 1 rings (SSSR count). The Balaban J connectivity index is 3.83. The number of thioether (sulfide) groups is 1. The van der Waals surface area contributed by atoms with Crippen molar-refractivity contribution in [3.63, 3.8) is 0 Å². The molecule has 0 amide bonds. The molecule has 10 heteroatoms. The normalized spacial score (nSPS) is 14.0. The summed E-state index contributed by atoms with van der Waals surface area (Å²) < 4.78 is 120. The Kier molecular flexibility index (Phi) is 6.57. The number of hydrogen-bond acceptors (Lipinski definition) is 1. The van der Waals surface area contributed by atoms with Crippen molar-refractivity contribution in [2.45, 2.75) is 58.9 Å². The van der Waals surface area contributed by atoms with Gasteiger partial charge in [-0.1, -0.05) is 20.8 Å². The van der Waals surface area contributed by atoms with E-state index in [1.165, 1.54) is 0 Å². The van der Waals surface area contributed by atoms with Crippen LogP contribution in [0.2, 0.25) is 0 Å². The Morgan fingerprint density at radius 1 is 0.630 bits per heavy atom. The Morgan fingerprint density at radius 3 is 1.33 bits per heavy atom. The largest absolute Gasteiger partial charge is 0.417 e. The van der Waals surface area contributed by atoms with Crippen LogP contribution in [-0.4, -0.2) is 5.75 Å². The molecule has 1 aromatic rings. The third-order valence-corrected chi connectivity index (χ3v) is 5.32. The molecule has 0 N–H and O–H groups in total. The number of alkyl halides is 9. The fraction of sp³-hybridized carbons (Fsp3) is 0.647. The van der Waals surface area contributed by atoms with Crippen LogP contribution in [0.15, 0.2) is 0 Å². The summed E-state index contributed by atoms with van der Waals surface area (Å²) in [5.74, 6) is -0.148. The van der Waals surface area contributed by atoms with Crippen LogP contribution in [0, 0.1) is 19.3 Å².